The molecule has 0 heterocycles. The first-order chi connectivity index (χ1) is 14.3. The number of sulfonamides is 1. The molecule has 2 amide bonds. The van der Waals surface area contributed by atoms with Crippen LogP contribution < -0.4 is 15.6 Å². The highest BCUT2D eigenvalue weighted by atomic mass is 35.5. The third kappa shape index (κ3) is 5.13. The Hall–Kier alpha value is -3.43. The van der Waals surface area contributed by atoms with E-state index in [1.807, 2.05) is 0 Å². The Kier molecular flexibility index (Phi) is 6.34. The summed E-state index contributed by atoms with van der Waals surface area (Å²) in [6.45, 7) is 0. The van der Waals surface area contributed by atoms with Gasteiger partial charge in [0.05, 0.1) is 15.5 Å². The number of amides is 2. The fourth-order valence-electron chi connectivity index (χ4n) is 2.42. The van der Waals surface area contributed by atoms with E-state index < -0.39 is 27.7 Å². The number of benzene rings is 3. The highest BCUT2D eigenvalue weighted by Gasteiger charge is 2.15. The molecule has 3 rings (SSSR count). The summed E-state index contributed by atoms with van der Waals surface area (Å²) in [6.07, 6.45) is 0. The summed E-state index contributed by atoms with van der Waals surface area (Å²) < 4.78 is 39.9. The van der Waals surface area contributed by atoms with E-state index in [1.54, 1.807) is 18.2 Å². The molecule has 3 N–H and O–H groups in total. The lowest BCUT2D eigenvalue weighted by Crippen LogP contribution is -2.41. The van der Waals surface area contributed by atoms with Crippen LogP contribution in [0.1, 0.15) is 20.7 Å². The second-order valence-corrected chi connectivity index (χ2v) is 8.11. The van der Waals surface area contributed by atoms with E-state index in [4.69, 9.17) is 11.6 Å². The smallest absolute Gasteiger partial charge is 0.271 e. The Bertz CT molecular complexity index is 1180. The highest BCUT2D eigenvalue weighted by molar-refractivity contribution is 7.92. The molecule has 0 unspecified atom stereocenters. The van der Waals surface area contributed by atoms with Crippen LogP contribution in [0.2, 0.25) is 5.02 Å². The van der Waals surface area contributed by atoms with Crippen molar-refractivity contribution >= 4 is 39.1 Å². The SMILES string of the molecule is O=C(NNC(=O)c1ccccc1Cl)c1ccc(NS(=O)(=O)c2ccc(F)cc2)cc1. The number of hydrogen-bond acceptors (Lipinski definition) is 4. The van der Waals surface area contributed by atoms with Gasteiger partial charge in [-0.3, -0.25) is 25.2 Å². The predicted molar refractivity (Wildman–Crippen MR) is 110 cm³/mol. The molecule has 0 radical (unpaired) electrons. The maximum absolute atomic E-state index is 13.0. The van der Waals surface area contributed by atoms with Gasteiger partial charge in [0.25, 0.3) is 21.8 Å². The topological polar surface area (TPSA) is 104 Å². The fourth-order valence-corrected chi connectivity index (χ4v) is 3.70. The van der Waals surface area contributed by atoms with Crippen molar-refractivity contribution in [3.63, 3.8) is 0 Å². The molecule has 0 aliphatic heterocycles. The molecule has 0 saturated carbocycles. The molecule has 10 heteroatoms. The number of halogens is 2. The monoisotopic (exact) mass is 447 g/mol. The van der Waals surface area contributed by atoms with Gasteiger partial charge in [-0.05, 0) is 60.7 Å². The average molecular weight is 448 g/mol. The lowest BCUT2D eigenvalue weighted by Gasteiger charge is -2.10. The number of hydrogen-bond donors (Lipinski definition) is 3. The summed E-state index contributed by atoms with van der Waals surface area (Å²) in [5.74, 6) is -1.74. The molecule has 3 aromatic carbocycles. The molecule has 0 aliphatic carbocycles. The Morgan fingerprint density at radius 3 is 2.03 bits per heavy atom. The zero-order valence-electron chi connectivity index (χ0n) is 15.2. The van der Waals surface area contributed by atoms with Gasteiger partial charge in [0, 0.05) is 11.3 Å². The van der Waals surface area contributed by atoms with E-state index in [0.717, 1.165) is 24.3 Å². The molecule has 0 fully saturated rings. The third-order valence-corrected chi connectivity index (χ3v) is 5.66. The van der Waals surface area contributed by atoms with Crippen molar-refractivity contribution in [2.24, 2.45) is 0 Å². The summed E-state index contributed by atoms with van der Waals surface area (Å²) in [5, 5.41) is 0.238. The minimum Gasteiger partial charge on any atom is -0.280 e. The quantitative estimate of drug-likeness (QED) is 0.521. The first-order valence-corrected chi connectivity index (χ1v) is 10.4. The third-order valence-electron chi connectivity index (χ3n) is 3.93. The normalized spacial score (nSPS) is 10.9. The van der Waals surface area contributed by atoms with E-state index in [-0.39, 0.29) is 26.7 Å². The second-order valence-electron chi connectivity index (χ2n) is 6.02. The van der Waals surface area contributed by atoms with Crippen molar-refractivity contribution in [1.82, 2.24) is 10.9 Å². The highest BCUT2D eigenvalue weighted by Crippen LogP contribution is 2.17. The molecule has 0 bridgehead atoms. The summed E-state index contributed by atoms with van der Waals surface area (Å²) >= 11 is 5.93. The van der Waals surface area contributed by atoms with Crippen LogP contribution in [0.25, 0.3) is 0 Å². The van der Waals surface area contributed by atoms with Crippen LogP contribution >= 0.6 is 11.6 Å². The molecule has 0 saturated heterocycles. The van der Waals surface area contributed by atoms with Crippen molar-refractivity contribution in [2.45, 2.75) is 4.90 Å². The number of carbonyl (C=O) groups excluding carboxylic acids is 2. The van der Waals surface area contributed by atoms with Gasteiger partial charge in [-0.15, -0.1) is 0 Å². The van der Waals surface area contributed by atoms with Gasteiger partial charge >= 0.3 is 0 Å². The van der Waals surface area contributed by atoms with Crippen LogP contribution in [-0.4, -0.2) is 20.2 Å². The summed E-state index contributed by atoms with van der Waals surface area (Å²) in [4.78, 5) is 24.1. The van der Waals surface area contributed by atoms with Crippen LogP contribution in [0.3, 0.4) is 0 Å². The average Bonchev–Trinajstić information content (AvgIpc) is 2.72. The molecule has 7 nitrogen and oxygen atoms in total. The van der Waals surface area contributed by atoms with Gasteiger partial charge in [0.1, 0.15) is 5.82 Å². The lowest BCUT2D eigenvalue weighted by molar-refractivity contribution is 0.0847. The van der Waals surface area contributed by atoms with Crippen LogP contribution in [0.4, 0.5) is 10.1 Å². The van der Waals surface area contributed by atoms with E-state index in [0.29, 0.717) is 0 Å². The van der Waals surface area contributed by atoms with E-state index in [1.165, 1.54) is 30.3 Å². The van der Waals surface area contributed by atoms with Crippen LogP contribution in [0.15, 0.2) is 77.7 Å². The maximum atomic E-state index is 13.0. The van der Waals surface area contributed by atoms with Gasteiger partial charge < -0.3 is 0 Å². The molecule has 30 heavy (non-hydrogen) atoms. The molecular formula is C20H15ClFN3O4S. The first-order valence-electron chi connectivity index (χ1n) is 8.50. The van der Waals surface area contributed by atoms with Crippen molar-refractivity contribution in [1.29, 1.82) is 0 Å². The molecule has 3 aromatic rings. The van der Waals surface area contributed by atoms with E-state index >= 15 is 0 Å². The summed E-state index contributed by atoms with van der Waals surface area (Å²) in [7, 11) is -3.91. The molecule has 0 aliphatic rings. The zero-order chi connectivity index (χ0) is 21.7. The van der Waals surface area contributed by atoms with Crippen molar-refractivity contribution in [2.75, 3.05) is 4.72 Å². The van der Waals surface area contributed by atoms with Gasteiger partial charge in [0.2, 0.25) is 0 Å². The standard InChI is InChI=1S/C20H15ClFN3O4S/c21-18-4-2-1-3-17(18)20(27)24-23-19(26)13-5-9-15(10-6-13)25-30(28,29)16-11-7-14(22)8-12-16/h1-12,25H,(H,23,26)(H,24,27). The van der Waals surface area contributed by atoms with Gasteiger partial charge in [-0.2, -0.15) is 0 Å². The van der Waals surface area contributed by atoms with Crippen LogP contribution in [0, 0.1) is 5.82 Å². The largest absolute Gasteiger partial charge is 0.280 e. The fraction of sp³-hybridized carbons (Fsp3) is 0. The Balaban J connectivity index is 1.62. The second kappa shape index (κ2) is 8.93. The van der Waals surface area contributed by atoms with Crippen molar-refractivity contribution < 1.29 is 22.4 Å². The lowest BCUT2D eigenvalue weighted by atomic mass is 10.2. The van der Waals surface area contributed by atoms with Gasteiger partial charge in [0.15, 0.2) is 0 Å². The Morgan fingerprint density at radius 1 is 0.800 bits per heavy atom. The number of hydrazine groups is 1. The van der Waals surface area contributed by atoms with E-state index in [2.05, 4.69) is 15.6 Å². The molecule has 0 atom stereocenters. The molecule has 154 valence electrons. The summed E-state index contributed by atoms with van der Waals surface area (Å²) in [5.41, 5.74) is 5.09. The molecule has 0 aromatic heterocycles. The molecular weight excluding hydrogens is 433 g/mol. The first kappa shape index (κ1) is 21.3. The summed E-state index contributed by atoms with van der Waals surface area (Å²) in [6, 6.07) is 16.2. The number of anilines is 1. The van der Waals surface area contributed by atoms with Crippen molar-refractivity contribution in [3.05, 3.63) is 94.8 Å². The van der Waals surface area contributed by atoms with Crippen LogP contribution in [0.5, 0.6) is 0 Å². The van der Waals surface area contributed by atoms with Crippen LogP contribution in [-0.2, 0) is 10.0 Å². The number of rotatable bonds is 5. The van der Waals surface area contributed by atoms with Crippen molar-refractivity contribution in [3.8, 4) is 0 Å². The Labute approximate surface area is 176 Å². The number of carbonyl (C=O) groups is 2. The van der Waals surface area contributed by atoms with E-state index in [9.17, 15) is 22.4 Å². The zero-order valence-corrected chi connectivity index (χ0v) is 16.8. The van der Waals surface area contributed by atoms with Gasteiger partial charge in [-0.25, -0.2) is 12.8 Å². The van der Waals surface area contributed by atoms with Gasteiger partial charge in [-0.1, -0.05) is 23.7 Å². The number of nitrogens with one attached hydrogen (secondary N) is 3. The Morgan fingerprint density at radius 2 is 1.40 bits per heavy atom. The minimum absolute atomic E-state index is 0.104. The minimum atomic E-state index is -3.91. The molecule has 0 spiro atoms. The predicted octanol–water partition coefficient (Wildman–Crippen LogP) is 3.35. The maximum Gasteiger partial charge on any atom is 0.271 e.